The van der Waals surface area contributed by atoms with Crippen LogP contribution in [0.15, 0.2) is 0 Å². The molecule has 0 rings (SSSR count). The molecule has 1 unspecified atom stereocenters. The number of carbonyl (C=O) groups excluding carboxylic acids is 1. The van der Waals surface area contributed by atoms with E-state index in [9.17, 15) is 4.79 Å². The minimum atomic E-state index is -0.322. The number of ether oxygens (including phenoxy) is 1. The number of rotatable bonds is 7. The van der Waals surface area contributed by atoms with Crippen molar-refractivity contribution in [3.05, 3.63) is 0 Å². The van der Waals surface area contributed by atoms with Crippen molar-refractivity contribution < 1.29 is 9.53 Å². The average Bonchev–Trinajstić information content (AvgIpc) is 2.15. The van der Waals surface area contributed by atoms with Gasteiger partial charge in [-0.15, -0.1) is 0 Å². The first-order valence-electron chi connectivity index (χ1n) is 5.89. The third-order valence-electron chi connectivity index (χ3n) is 3.35. The van der Waals surface area contributed by atoms with Crippen molar-refractivity contribution in [3.63, 3.8) is 0 Å². The van der Waals surface area contributed by atoms with E-state index < -0.39 is 0 Å². The Bertz CT molecular complexity index is 181. The highest BCUT2D eigenvalue weighted by atomic mass is 16.5. The van der Waals surface area contributed by atoms with Crippen molar-refractivity contribution in [3.8, 4) is 0 Å². The van der Waals surface area contributed by atoms with Crippen LogP contribution in [0.2, 0.25) is 0 Å². The first-order chi connectivity index (χ1) is 6.93. The van der Waals surface area contributed by atoms with Gasteiger partial charge in [0.1, 0.15) is 6.29 Å². The van der Waals surface area contributed by atoms with Gasteiger partial charge in [-0.2, -0.15) is 0 Å². The maximum atomic E-state index is 11.4. The van der Waals surface area contributed by atoms with E-state index in [1.165, 1.54) is 12.8 Å². The second-order valence-electron chi connectivity index (χ2n) is 5.41. The molecule has 0 spiro atoms. The van der Waals surface area contributed by atoms with E-state index >= 15 is 0 Å². The van der Waals surface area contributed by atoms with Crippen LogP contribution in [0.25, 0.3) is 0 Å². The molecule has 0 aliphatic rings. The lowest BCUT2D eigenvalue weighted by atomic mass is 9.65. The van der Waals surface area contributed by atoms with Crippen molar-refractivity contribution in [1.29, 1.82) is 0 Å². The molecular formula is C13H26O2. The molecule has 1 atom stereocenters. The summed E-state index contributed by atoms with van der Waals surface area (Å²) in [5, 5.41) is 0. The number of carbonyl (C=O) groups is 1. The molecule has 0 aromatic heterocycles. The first-order valence-corrected chi connectivity index (χ1v) is 5.89. The van der Waals surface area contributed by atoms with Crippen molar-refractivity contribution in [2.75, 3.05) is 13.7 Å². The van der Waals surface area contributed by atoms with Gasteiger partial charge in [-0.3, -0.25) is 0 Å². The van der Waals surface area contributed by atoms with E-state index in [0.29, 0.717) is 6.61 Å². The standard InChI is InChI=1S/C13H26O2/c1-6-7-8-9-13(10-14,11-15-5)12(2,3)4/h10H,6-9,11H2,1-5H3. The Labute approximate surface area is 94.4 Å². The van der Waals surface area contributed by atoms with E-state index in [0.717, 1.165) is 19.1 Å². The lowest BCUT2D eigenvalue weighted by molar-refractivity contribution is -0.127. The van der Waals surface area contributed by atoms with Gasteiger partial charge in [0.05, 0.1) is 12.0 Å². The van der Waals surface area contributed by atoms with Crippen LogP contribution in [0.4, 0.5) is 0 Å². The van der Waals surface area contributed by atoms with E-state index in [1.54, 1.807) is 7.11 Å². The third-order valence-corrected chi connectivity index (χ3v) is 3.35. The van der Waals surface area contributed by atoms with Crippen LogP contribution in [0.5, 0.6) is 0 Å². The van der Waals surface area contributed by atoms with E-state index in [2.05, 4.69) is 27.7 Å². The third kappa shape index (κ3) is 3.94. The number of hydrogen-bond donors (Lipinski definition) is 0. The number of methoxy groups -OCH3 is 1. The van der Waals surface area contributed by atoms with Gasteiger partial charge in [0, 0.05) is 7.11 Å². The molecule has 0 radical (unpaired) electrons. The SMILES string of the molecule is CCCCCC(C=O)(COC)C(C)(C)C. The first kappa shape index (κ1) is 14.6. The van der Waals surface area contributed by atoms with Gasteiger partial charge in [-0.1, -0.05) is 47.0 Å². The molecule has 0 saturated heterocycles. The maximum Gasteiger partial charge on any atom is 0.128 e. The fourth-order valence-corrected chi connectivity index (χ4v) is 1.88. The smallest absolute Gasteiger partial charge is 0.128 e. The summed E-state index contributed by atoms with van der Waals surface area (Å²) in [6.45, 7) is 9.06. The summed E-state index contributed by atoms with van der Waals surface area (Å²) in [5.74, 6) is 0. The van der Waals surface area contributed by atoms with Crippen LogP contribution < -0.4 is 0 Å². The molecule has 2 heteroatoms. The zero-order valence-corrected chi connectivity index (χ0v) is 10.9. The number of hydrogen-bond acceptors (Lipinski definition) is 2. The van der Waals surface area contributed by atoms with Gasteiger partial charge in [0.15, 0.2) is 0 Å². The molecule has 90 valence electrons. The normalized spacial score (nSPS) is 16.1. The van der Waals surface area contributed by atoms with Gasteiger partial charge >= 0.3 is 0 Å². The Morgan fingerprint density at radius 2 is 1.80 bits per heavy atom. The predicted molar refractivity (Wildman–Crippen MR) is 64.0 cm³/mol. The molecule has 0 aromatic carbocycles. The maximum absolute atomic E-state index is 11.4. The largest absolute Gasteiger partial charge is 0.384 e. The summed E-state index contributed by atoms with van der Waals surface area (Å²) in [4.78, 5) is 11.4. The molecule has 0 N–H and O–H groups in total. The highest BCUT2D eigenvalue weighted by Crippen LogP contribution is 2.41. The zero-order valence-electron chi connectivity index (χ0n) is 10.9. The van der Waals surface area contributed by atoms with Crippen molar-refractivity contribution in [1.82, 2.24) is 0 Å². The number of aldehydes is 1. The van der Waals surface area contributed by atoms with Gasteiger partial charge in [-0.05, 0) is 11.8 Å². The Hall–Kier alpha value is -0.370. The number of unbranched alkanes of at least 4 members (excludes halogenated alkanes) is 2. The van der Waals surface area contributed by atoms with Crippen molar-refractivity contribution in [2.24, 2.45) is 10.8 Å². The van der Waals surface area contributed by atoms with Gasteiger partial charge in [0.25, 0.3) is 0 Å². The molecule has 15 heavy (non-hydrogen) atoms. The Morgan fingerprint density at radius 1 is 1.20 bits per heavy atom. The topological polar surface area (TPSA) is 26.3 Å². The van der Waals surface area contributed by atoms with Crippen LogP contribution >= 0.6 is 0 Å². The summed E-state index contributed by atoms with van der Waals surface area (Å²) >= 11 is 0. The molecule has 0 saturated carbocycles. The highest BCUT2D eigenvalue weighted by Gasteiger charge is 2.41. The van der Waals surface area contributed by atoms with Crippen LogP contribution in [0.3, 0.4) is 0 Å². The van der Waals surface area contributed by atoms with Crippen molar-refractivity contribution >= 4 is 6.29 Å². The van der Waals surface area contributed by atoms with Crippen LogP contribution in [0, 0.1) is 10.8 Å². The highest BCUT2D eigenvalue weighted by molar-refractivity contribution is 5.61. The van der Waals surface area contributed by atoms with Gasteiger partial charge < -0.3 is 9.53 Å². The lowest BCUT2D eigenvalue weighted by Crippen LogP contribution is -2.41. The van der Waals surface area contributed by atoms with Crippen LogP contribution in [-0.4, -0.2) is 20.0 Å². The summed E-state index contributed by atoms with van der Waals surface area (Å²) in [6.07, 6.45) is 5.52. The van der Waals surface area contributed by atoms with Gasteiger partial charge in [-0.25, -0.2) is 0 Å². The fourth-order valence-electron chi connectivity index (χ4n) is 1.88. The monoisotopic (exact) mass is 214 g/mol. The Balaban J connectivity index is 4.59. The molecule has 0 aliphatic carbocycles. The Kier molecular flexibility index (Phi) is 6.11. The van der Waals surface area contributed by atoms with Crippen LogP contribution in [0.1, 0.15) is 53.4 Å². The molecule has 0 bridgehead atoms. The minimum Gasteiger partial charge on any atom is -0.384 e. The zero-order chi connectivity index (χ0) is 11.9. The van der Waals surface area contributed by atoms with Crippen LogP contribution in [-0.2, 0) is 9.53 Å². The summed E-state index contributed by atoms with van der Waals surface area (Å²) < 4.78 is 5.22. The quantitative estimate of drug-likeness (QED) is 0.479. The molecule has 0 fully saturated rings. The van der Waals surface area contributed by atoms with E-state index in [1.807, 2.05) is 0 Å². The molecule has 0 amide bonds. The lowest BCUT2D eigenvalue weighted by Gasteiger charge is -2.40. The second-order valence-corrected chi connectivity index (χ2v) is 5.41. The predicted octanol–water partition coefficient (Wildman–Crippen LogP) is 3.44. The second kappa shape index (κ2) is 6.26. The molecular weight excluding hydrogens is 188 g/mol. The fraction of sp³-hybridized carbons (Fsp3) is 0.923. The average molecular weight is 214 g/mol. The van der Waals surface area contributed by atoms with Crippen molar-refractivity contribution in [2.45, 2.75) is 53.4 Å². The summed E-state index contributed by atoms with van der Waals surface area (Å²) in [5.41, 5.74) is -0.352. The van der Waals surface area contributed by atoms with Gasteiger partial charge in [0.2, 0.25) is 0 Å². The minimum absolute atomic E-state index is 0.0293. The summed E-state index contributed by atoms with van der Waals surface area (Å²) in [7, 11) is 1.67. The molecule has 2 nitrogen and oxygen atoms in total. The Morgan fingerprint density at radius 3 is 2.13 bits per heavy atom. The molecule has 0 aromatic rings. The summed E-state index contributed by atoms with van der Waals surface area (Å²) in [6, 6.07) is 0. The van der Waals surface area contributed by atoms with E-state index in [-0.39, 0.29) is 10.8 Å². The van der Waals surface area contributed by atoms with E-state index in [4.69, 9.17) is 4.74 Å². The molecule has 0 heterocycles. The molecule has 0 aliphatic heterocycles.